The van der Waals surface area contributed by atoms with E-state index in [4.69, 9.17) is 32.7 Å². The van der Waals surface area contributed by atoms with E-state index >= 15 is 0 Å². The van der Waals surface area contributed by atoms with Crippen molar-refractivity contribution in [1.82, 2.24) is 0 Å². The molecule has 1 amide bonds. The highest BCUT2D eigenvalue weighted by Crippen LogP contribution is 2.38. The van der Waals surface area contributed by atoms with E-state index in [-0.39, 0.29) is 17.0 Å². The van der Waals surface area contributed by atoms with Crippen LogP contribution in [-0.2, 0) is 6.42 Å². The van der Waals surface area contributed by atoms with Gasteiger partial charge in [-0.3, -0.25) is 4.79 Å². The van der Waals surface area contributed by atoms with E-state index in [1.54, 1.807) is 24.3 Å². The number of nitrogens with one attached hydrogen (secondary N) is 1. The topological polar surface area (TPSA) is 47.6 Å². The minimum absolute atomic E-state index is 0.114. The molecular weight excluding hydrogens is 349 g/mol. The molecule has 1 unspecified atom stereocenters. The molecule has 0 fully saturated rings. The molecule has 126 valence electrons. The highest BCUT2D eigenvalue weighted by molar-refractivity contribution is 6.44. The summed E-state index contributed by atoms with van der Waals surface area (Å²) in [6, 6.07) is 8.64. The number of hydrogen-bond acceptors (Lipinski definition) is 3. The molecule has 4 nitrogen and oxygen atoms in total. The standard InChI is InChI=1S/C18H17Cl2NO3/c1-3-23-16-8-11-7-10(2)24-15(11)9-14(16)21-18(22)12-5-4-6-13(19)17(12)20/h4-6,8-10H,3,7H2,1-2H3,(H,21,22). The molecule has 0 saturated carbocycles. The average Bonchev–Trinajstić information content (AvgIpc) is 2.89. The highest BCUT2D eigenvalue weighted by Gasteiger charge is 2.23. The quantitative estimate of drug-likeness (QED) is 0.831. The summed E-state index contributed by atoms with van der Waals surface area (Å²) in [7, 11) is 0. The van der Waals surface area contributed by atoms with Crippen molar-refractivity contribution in [2.24, 2.45) is 0 Å². The van der Waals surface area contributed by atoms with Gasteiger partial charge in [0.1, 0.15) is 17.6 Å². The number of amides is 1. The molecule has 0 aliphatic carbocycles. The van der Waals surface area contributed by atoms with E-state index < -0.39 is 0 Å². The van der Waals surface area contributed by atoms with Gasteiger partial charge in [0.2, 0.25) is 0 Å². The molecule has 0 saturated heterocycles. The monoisotopic (exact) mass is 365 g/mol. The fraction of sp³-hybridized carbons (Fsp3) is 0.278. The molecule has 3 rings (SSSR count). The zero-order valence-corrected chi connectivity index (χ0v) is 14.9. The Morgan fingerprint density at radius 3 is 2.92 bits per heavy atom. The largest absolute Gasteiger partial charge is 0.492 e. The Labute approximate surface area is 150 Å². The van der Waals surface area contributed by atoms with Crippen molar-refractivity contribution in [3.05, 3.63) is 51.5 Å². The van der Waals surface area contributed by atoms with Crippen molar-refractivity contribution in [2.45, 2.75) is 26.4 Å². The molecule has 24 heavy (non-hydrogen) atoms. The predicted molar refractivity (Wildman–Crippen MR) is 95.8 cm³/mol. The molecular formula is C18H17Cl2NO3. The fourth-order valence-electron chi connectivity index (χ4n) is 2.68. The van der Waals surface area contributed by atoms with Gasteiger partial charge in [-0.2, -0.15) is 0 Å². The van der Waals surface area contributed by atoms with Crippen molar-refractivity contribution < 1.29 is 14.3 Å². The van der Waals surface area contributed by atoms with Gasteiger partial charge < -0.3 is 14.8 Å². The van der Waals surface area contributed by atoms with Crippen LogP contribution in [-0.4, -0.2) is 18.6 Å². The van der Waals surface area contributed by atoms with Gasteiger partial charge in [-0.1, -0.05) is 29.3 Å². The number of hydrogen-bond donors (Lipinski definition) is 1. The summed E-state index contributed by atoms with van der Waals surface area (Å²) < 4.78 is 11.4. The van der Waals surface area contributed by atoms with E-state index in [9.17, 15) is 4.79 Å². The maximum Gasteiger partial charge on any atom is 0.257 e. The van der Waals surface area contributed by atoms with Gasteiger partial charge in [0.05, 0.1) is 27.9 Å². The summed E-state index contributed by atoms with van der Waals surface area (Å²) in [4.78, 5) is 12.6. The zero-order valence-electron chi connectivity index (χ0n) is 13.4. The normalized spacial score (nSPS) is 15.6. The molecule has 0 aromatic heterocycles. The molecule has 1 heterocycles. The average molecular weight is 366 g/mol. The minimum Gasteiger partial charge on any atom is -0.492 e. The lowest BCUT2D eigenvalue weighted by Gasteiger charge is -2.14. The van der Waals surface area contributed by atoms with E-state index in [1.165, 1.54) is 0 Å². The van der Waals surface area contributed by atoms with Crippen molar-refractivity contribution >= 4 is 34.8 Å². The second-order valence-corrected chi connectivity index (χ2v) is 6.36. The Morgan fingerprint density at radius 1 is 1.38 bits per heavy atom. The van der Waals surface area contributed by atoms with Gasteiger partial charge in [-0.05, 0) is 32.0 Å². The first-order valence-electron chi connectivity index (χ1n) is 7.71. The number of halogens is 2. The highest BCUT2D eigenvalue weighted by atomic mass is 35.5. The molecule has 1 aliphatic heterocycles. The summed E-state index contributed by atoms with van der Waals surface area (Å²) in [5.41, 5.74) is 1.93. The van der Waals surface area contributed by atoms with E-state index in [0.717, 1.165) is 17.7 Å². The van der Waals surface area contributed by atoms with Crippen molar-refractivity contribution in [2.75, 3.05) is 11.9 Å². The third-order valence-corrected chi connectivity index (χ3v) is 4.56. The van der Waals surface area contributed by atoms with Crippen LogP contribution < -0.4 is 14.8 Å². The van der Waals surface area contributed by atoms with Crippen LogP contribution in [0.15, 0.2) is 30.3 Å². The van der Waals surface area contributed by atoms with Crippen LogP contribution in [0.4, 0.5) is 5.69 Å². The lowest BCUT2D eigenvalue weighted by Crippen LogP contribution is -2.14. The zero-order chi connectivity index (χ0) is 17.3. The smallest absolute Gasteiger partial charge is 0.257 e. The van der Waals surface area contributed by atoms with Crippen molar-refractivity contribution in [3.8, 4) is 11.5 Å². The number of carbonyl (C=O) groups excluding carboxylic acids is 1. The number of anilines is 1. The fourth-order valence-corrected chi connectivity index (χ4v) is 3.07. The first kappa shape index (κ1) is 16.9. The summed E-state index contributed by atoms with van der Waals surface area (Å²) in [5, 5.41) is 3.39. The molecule has 1 aliphatic rings. The van der Waals surface area contributed by atoms with E-state index in [2.05, 4.69) is 5.32 Å². The Kier molecular flexibility index (Phi) is 4.88. The first-order chi connectivity index (χ1) is 11.5. The Bertz CT molecular complexity index is 792. The number of rotatable bonds is 4. The maximum atomic E-state index is 12.6. The molecule has 1 N–H and O–H groups in total. The molecule has 0 radical (unpaired) electrons. The molecule has 2 aromatic rings. The van der Waals surface area contributed by atoms with Gasteiger partial charge in [-0.15, -0.1) is 0 Å². The van der Waals surface area contributed by atoms with Crippen molar-refractivity contribution in [1.29, 1.82) is 0 Å². The minimum atomic E-state index is -0.352. The summed E-state index contributed by atoms with van der Waals surface area (Å²) >= 11 is 12.1. The maximum absolute atomic E-state index is 12.6. The number of carbonyl (C=O) groups is 1. The predicted octanol–water partition coefficient (Wildman–Crippen LogP) is 4.97. The summed E-state index contributed by atoms with van der Waals surface area (Å²) in [6.45, 7) is 4.39. The second-order valence-electron chi connectivity index (χ2n) is 5.58. The van der Waals surface area contributed by atoms with E-state index in [1.807, 2.05) is 19.9 Å². The summed E-state index contributed by atoms with van der Waals surface area (Å²) in [6.07, 6.45) is 0.937. The van der Waals surface area contributed by atoms with Crippen LogP contribution in [0.2, 0.25) is 10.0 Å². The third-order valence-electron chi connectivity index (χ3n) is 3.74. The van der Waals surface area contributed by atoms with Crippen LogP contribution in [0.1, 0.15) is 29.8 Å². The Hall–Kier alpha value is -1.91. The van der Waals surface area contributed by atoms with Gasteiger partial charge in [0, 0.05) is 18.1 Å². The number of benzene rings is 2. The molecule has 1 atom stereocenters. The van der Waals surface area contributed by atoms with Crippen LogP contribution >= 0.6 is 23.2 Å². The lowest BCUT2D eigenvalue weighted by atomic mass is 10.1. The van der Waals surface area contributed by atoms with Gasteiger partial charge >= 0.3 is 0 Å². The van der Waals surface area contributed by atoms with Gasteiger partial charge in [0.15, 0.2) is 0 Å². The van der Waals surface area contributed by atoms with Crippen LogP contribution in [0, 0.1) is 0 Å². The SMILES string of the molecule is CCOc1cc2c(cc1NC(=O)c1cccc(Cl)c1Cl)OC(C)C2. The number of ether oxygens (including phenoxy) is 2. The second kappa shape index (κ2) is 6.91. The van der Waals surface area contributed by atoms with Crippen molar-refractivity contribution in [3.63, 3.8) is 0 Å². The third kappa shape index (κ3) is 3.30. The Balaban J connectivity index is 1.93. The molecule has 6 heteroatoms. The van der Waals surface area contributed by atoms with Crippen LogP contribution in [0.3, 0.4) is 0 Å². The van der Waals surface area contributed by atoms with Crippen LogP contribution in [0.5, 0.6) is 11.5 Å². The van der Waals surface area contributed by atoms with Gasteiger partial charge in [0.25, 0.3) is 5.91 Å². The Morgan fingerprint density at radius 2 is 2.17 bits per heavy atom. The first-order valence-corrected chi connectivity index (χ1v) is 8.47. The molecule has 0 spiro atoms. The lowest BCUT2D eigenvalue weighted by molar-refractivity contribution is 0.102. The number of fused-ring (bicyclic) bond motifs is 1. The molecule has 2 aromatic carbocycles. The van der Waals surface area contributed by atoms with Crippen LogP contribution in [0.25, 0.3) is 0 Å². The van der Waals surface area contributed by atoms with E-state index in [0.29, 0.717) is 28.6 Å². The summed E-state index contributed by atoms with van der Waals surface area (Å²) in [5.74, 6) is 1.02. The molecule has 0 bridgehead atoms. The van der Waals surface area contributed by atoms with Gasteiger partial charge in [-0.25, -0.2) is 0 Å².